The Bertz CT molecular complexity index is 1160. The third kappa shape index (κ3) is 58.8. The van der Waals surface area contributed by atoms with Crippen LogP contribution in [0.15, 0.2) is 24.3 Å². The van der Waals surface area contributed by atoms with E-state index in [0.29, 0.717) is 19.3 Å². The molecule has 0 amide bonds. The molecule has 1 atom stereocenters. The standard InChI is InChI=1S/C66H124O6/c1-4-7-10-13-16-19-22-24-26-28-30-31-32-33-34-35-36-38-39-41-44-47-50-53-56-59-65(68)71-62-63(61-70-64(67)58-55-52-49-46-43-21-18-15-12-9-6-3)72-66(69)60-57-54-51-48-45-42-40-37-29-27-25-23-20-17-14-11-8-5-2/h27-30,63H,4-26,31-62H2,1-3H3/b29-27-,30-28-. The third-order valence-corrected chi connectivity index (χ3v) is 14.7. The fourth-order valence-electron chi connectivity index (χ4n) is 9.79. The summed E-state index contributed by atoms with van der Waals surface area (Å²) in [5.74, 6) is -0.849. The maximum absolute atomic E-state index is 12.9. The number of carbonyl (C=O) groups is 3. The van der Waals surface area contributed by atoms with Crippen molar-refractivity contribution < 1.29 is 28.6 Å². The third-order valence-electron chi connectivity index (χ3n) is 14.7. The molecule has 6 nitrogen and oxygen atoms in total. The normalized spacial score (nSPS) is 12.1. The highest BCUT2D eigenvalue weighted by Gasteiger charge is 2.19. The van der Waals surface area contributed by atoms with Gasteiger partial charge in [-0.15, -0.1) is 0 Å². The van der Waals surface area contributed by atoms with E-state index in [9.17, 15) is 14.4 Å². The molecular weight excluding hydrogens is 889 g/mol. The number of rotatable bonds is 60. The van der Waals surface area contributed by atoms with E-state index in [1.807, 2.05) is 0 Å². The first-order valence-corrected chi connectivity index (χ1v) is 32.3. The summed E-state index contributed by atoms with van der Waals surface area (Å²) in [6.07, 6.45) is 73.3. The first-order chi connectivity index (χ1) is 35.5. The van der Waals surface area contributed by atoms with E-state index in [-0.39, 0.29) is 31.1 Å². The Morgan fingerprint density at radius 1 is 0.264 bits per heavy atom. The minimum absolute atomic E-state index is 0.0679. The van der Waals surface area contributed by atoms with E-state index in [4.69, 9.17) is 14.2 Å². The molecule has 1 unspecified atom stereocenters. The van der Waals surface area contributed by atoms with Crippen LogP contribution >= 0.6 is 0 Å². The van der Waals surface area contributed by atoms with Crippen molar-refractivity contribution in [1.29, 1.82) is 0 Å². The van der Waals surface area contributed by atoms with E-state index >= 15 is 0 Å². The molecule has 0 saturated carbocycles. The van der Waals surface area contributed by atoms with Crippen molar-refractivity contribution >= 4 is 17.9 Å². The minimum Gasteiger partial charge on any atom is -0.462 e. The van der Waals surface area contributed by atoms with Gasteiger partial charge in [-0.3, -0.25) is 14.4 Å². The van der Waals surface area contributed by atoms with Gasteiger partial charge in [0.25, 0.3) is 0 Å². The molecular formula is C66H124O6. The molecule has 0 bridgehead atoms. The lowest BCUT2D eigenvalue weighted by Gasteiger charge is -2.18. The predicted octanol–water partition coefficient (Wildman–Crippen LogP) is 21.8. The predicted molar refractivity (Wildman–Crippen MR) is 312 cm³/mol. The van der Waals surface area contributed by atoms with Crippen LogP contribution in [0.3, 0.4) is 0 Å². The zero-order valence-corrected chi connectivity index (χ0v) is 48.7. The van der Waals surface area contributed by atoms with E-state index in [0.717, 1.165) is 57.8 Å². The Hall–Kier alpha value is -2.11. The molecule has 0 spiro atoms. The van der Waals surface area contributed by atoms with Crippen LogP contribution in [0.4, 0.5) is 0 Å². The maximum atomic E-state index is 12.9. The molecule has 424 valence electrons. The van der Waals surface area contributed by atoms with Crippen LogP contribution in [0.1, 0.15) is 361 Å². The summed E-state index contributed by atoms with van der Waals surface area (Å²) in [6.45, 7) is 6.69. The first kappa shape index (κ1) is 69.9. The van der Waals surface area contributed by atoms with E-state index in [1.54, 1.807) is 0 Å². The van der Waals surface area contributed by atoms with Gasteiger partial charge in [0, 0.05) is 19.3 Å². The van der Waals surface area contributed by atoms with Crippen molar-refractivity contribution in [1.82, 2.24) is 0 Å². The largest absolute Gasteiger partial charge is 0.462 e. The van der Waals surface area contributed by atoms with Crippen LogP contribution in [0.2, 0.25) is 0 Å². The van der Waals surface area contributed by atoms with Crippen molar-refractivity contribution in [2.75, 3.05) is 13.2 Å². The molecule has 0 aliphatic rings. The molecule has 0 heterocycles. The van der Waals surface area contributed by atoms with Crippen LogP contribution in [-0.2, 0) is 28.6 Å². The molecule has 0 aromatic carbocycles. The second-order valence-electron chi connectivity index (χ2n) is 22.0. The van der Waals surface area contributed by atoms with Crippen LogP contribution in [0, 0.1) is 0 Å². The molecule has 0 radical (unpaired) electrons. The van der Waals surface area contributed by atoms with Crippen molar-refractivity contribution in [3.8, 4) is 0 Å². The number of unbranched alkanes of at least 4 members (excludes halogenated alkanes) is 45. The number of allylic oxidation sites excluding steroid dienone is 4. The van der Waals surface area contributed by atoms with Gasteiger partial charge in [0.05, 0.1) is 0 Å². The van der Waals surface area contributed by atoms with Crippen LogP contribution < -0.4 is 0 Å². The number of esters is 3. The van der Waals surface area contributed by atoms with E-state index in [2.05, 4.69) is 45.1 Å². The van der Waals surface area contributed by atoms with Gasteiger partial charge in [0.2, 0.25) is 0 Å². The first-order valence-electron chi connectivity index (χ1n) is 32.3. The lowest BCUT2D eigenvalue weighted by Crippen LogP contribution is -2.30. The Labute approximate surface area is 449 Å². The average Bonchev–Trinajstić information content (AvgIpc) is 3.38. The maximum Gasteiger partial charge on any atom is 0.306 e. The van der Waals surface area contributed by atoms with E-state index < -0.39 is 6.10 Å². The minimum atomic E-state index is -0.770. The summed E-state index contributed by atoms with van der Waals surface area (Å²) >= 11 is 0. The summed E-state index contributed by atoms with van der Waals surface area (Å²) in [4.78, 5) is 38.2. The van der Waals surface area contributed by atoms with Gasteiger partial charge in [-0.25, -0.2) is 0 Å². The topological polar surface area (TPSA) is 78.9 Å². The monoisotopic (exact) mass is 1010 g/mol. The Kier molecular flexibility index (Phi) is 59.6. The number of carbonyl (C=O) groups excluding carboxylic acids is 3. The average molecular weight is 1010 g/mol. The number of hydrogen-bond donors (Lipinski definition) is 0. The van der Waals surface area contributed by atoms with Crippen LogP contribution in [-0.4, -0.2) is 37.2 Å². The van der Waals surface area contributed by atoms with Crippen molar-refractivity contribution in [3.63, 3.8) is 0 Å². The molecule has 0 rings (SSSR count). The van der Waals surface area contributed by atoms with Gasteiger partial charge in [-0.2, -0.15) is 0 Å². The summed E-state index contributed by atoms with van der Waals surface area (Å²) in [7, 11) is 0. The summed E-state index contributed by atoms with van der Waals surface area (Å²) in [6, 6.07) is 0. The lowest BCUT2D eigenvalue weighted by molar-refractivity contribution is -0.167. The molecule has 0 N–H and O–H groups in total. The fraction of sp³-hybridized carbons (Fsp3) is 0.894. The molecule has 72 heavy (non-hydrogen) atoms. The van der Waals surface area contributed by atoms with Gasteiger partial charge in [0.1, 0.15) is 13.2 Å². The van der Waals surface area contributed by atoms with Crippen molar-refractivity contribution in [2.24, 2.45) is 0 Å². The fourth-order valence-corrected chi connectivity index (χ4v) is 9.79. The Morgan fingerprint density at radius 3 is 0.694 bits per heavy atom. The molecule has 0 saturated heterocycles. The molecule has 0 fully saturated rings. The lowest BCUT2D eigenvalue weighted by atomic mass is 10.0. The molecule has 6 heteroatoms. The molecule has 0 aromatic rings. The Morgan fingerprint density at radius 2 is 0.458 bits per heavy atom. The van der Waals surface area contributed by atoms with Crippen LogP contribution in [0.25, 0.3) is 0 Å². The highest BCUT2D eigenvalue weighted by Crippen LogP contribution is 2.17. The summed E-state index contributed by atoms with van der Waals surface area (Å²) in [5, 5.41) is 0. The summed E-state index contributed by atoms with van der Waals surface area (Å²) in [5.41, 5.74) is 0. The van der Waals surface area contributed by atoms with Crippen LogP contribution in [0.5, 0.6) is 0 Å². The smallest absolute Gasteiger partial charge is 0.306 e. The van der Waals surface area contributed by atoms with Gasteiger partial charge in [-0.05, 0) is 70.6 Å². The van der Waals surface area contributed by atoms with Crippen molar-refractivity contribution in [3.05, 3.63) is 24.3 Å². The zero-order chi connectivity index (χ0) is 52.2. The van der Waals surface area contributed by atoms with Gasteiger partial charge in [-0.1, -0.05) is 295 Å². The zero-order valence-electron chi connectivity index (χ0n) is 48.7. The quantitative estimate of drug-likeness (QED) is 0.0261. The van der Waals surface area contributed by atoms with Gasteiger partial charge in [0.15, 0.2) is 6.10 Å². The second-order valence-corrected chi connectivity index (χ2v) is 22.0. The second kappa shape index (κ2) is 61.4. The van der Waals surface area contributed by atoms with Gasteiger partial charge < -0.3 is 14.2 Å². The summed E-state index contributed by atoms with van der Waals surface area (Å²) < 4.78 is 16.9. The van der Waals surface area contributed by atoms with Crippen molar-refractivity contribution in [2.45, 2.75) is 367 Å². The molecule has 0 aliphatic heterocycles. The Balaban J connectivity index is 4.20. The molecule has 0 aromatic heterocycles. The number of hydrogen-bond acceptors (Lipinski definition) is 6. The van der Waals surface area contributed by atoms with Gasteiger partial charge >= 0.3 is 17.9 Å². The highest BCUT2D eigenvalue weighted by atomic mass is 16.6. The SMILES string of the molecule is CCCCCCCCC/C=C\CCCCCCCCCC(=O)OC(COC(=O)CCCCCCCCCCCCC)COC(=O)CCCCCCCCCCCCCCC/C=C\CCCCCCCCCC. The van der Waals surface area contributed by atoms with E-state index in [1.165, 1.54) is 263 Å². The molecule has 0 aliphatic carbocycles. The highest BCUT2D eigenvalue weighted by molar-refractivity contribution is 5.71. The number of ether oxygens (including phenoxy) is 3.